The third-order valence-corrected chi connectivity index (χ3v) is 3.71. The van der Waals surface area contributed by atoms with Crippen molar-refractivity contribution in [3.8, 4) is 5.75 Å². The Labute approximate surface area is 146 Å². The number of rotatable bonds is 5. The van der Waals surface area contributed by atoms with Crippen molar-refractivity contribution in [1.29, 1.82) is 0 Å². The van der Waals surface area contributed by atoms with Crippen molar-refractivity contribution in [1.82, 2.24) is 10.3 Å². The van der Waals surface area contributed by atoms with Crippen LogP contribution in [0.4, 0.5) is 22.0 Å². The van der Waals surface area contributed by atoms with E-state index in [1.54, 1.807) is 13.3 Å². The number of hydrogen-bond acceptors (Lipinski definition) is 4. The fourth-order valence-corrected chi connectivity index (χ4v) is 2.50. The number of fused-ring (bicyclic) bond motifs is 1. The van der Waals surface area contributed by atoms with Crippen molar-refractivity contribution in [2.75, 3.05) is 24.3 Å². The predicted molar refractivity (Wildman–Crippen MR) is 101 cm³/mol. The van der Waals surface area contributed by atoms with Gasteiger partial charge in [-0.05, 0) is 48.7 Å². The number of amides is 2. The number of anilines is 3. The van der Waals surface area contributed by atoms with Gasteiger partial charge < -0.3 is 15.4 Å². The van der Waals surface area contributed by atoms with E-state index in [9.17, 15) is 4.79 Å². The van der Waals surface area contributed by atoms with E-state index < -0.39 is 0 Å². The Morgan fingerprint density at radius 2 is 1.96 bits per heavy atom. The topological polar surface area (TPSA) is 75.3 Å². The largest absolute Gasteiger partial charge is 0.497 e. The quantitative estimate of drug-likeness (QED) is 0.655. The minimum atomic E-state index is -0.262. The minimum Gasteiger partial charge on any atom is -0.497 e. The smallest absolute Gasteiger partial charge is 0.320 e. The monoisotopic (exact) mass is 336 g/mol. The van der Waals surface area contributed by atoms with Crippen LogP contribution in [0.5, 0.6) is 5.75 Å². The van der Waals surface area contributed by atoms with Crippen molar-refractivity contribution in [2.45, 2.75) is 6.92 Å². The average Bonchev–Trinajstić information content (AvgIpc) is 2.62. The van der Waals surface area contributed by atoms with E-state index in [0.29, 0.717) is 12.4 Å². The predicted octanol–water partition coefficient (Wildman–Crippen LogP) is 4.13. The lowest BCUT2D eigenvalue weighted by atomic mass is 10.1. The van der Waals surface area contributed by atoms with Crippen LogP contribution in [0.1, 0.15) is 6.92 Å². The zero-order valence-corrected chi connectivity index (χ0v) is 14.2. The van der Waals surface area contributed by atoms with Crippen LogP contribution in [-0.2, 0) is 0 Å². The molecular formula is C19H20N4O2. The molecule has 2 aromatic carbocycles. The number of benzene rings is 2. The summed E-state index contributed by atoms with van der Waals surface area (Å²) in [4.78, 5) is 16.0. The summed E-state index contributed by atoms with van der Waals surface area (Å²) in [6.07, 6.45) is 1.75. The minimum absolute atomic E-state index is 0.262. The number of nitrogens with zero attached hydrogens (tertiary/aromatic N) is 1. The number of pyridine rings is 1. The molecule has 6 heteroatoms. The van der Waals surface area contributed by atoms with Crippen molar-refractivity contribution in [3.63, 3.8) is 0 Å². The number of aromatic nitrogens is 1. The molecule has 1 heterocycles. The van der Waals surface area contributed by atoms with E-state index >= 15 is 0 Å². The third kappa shape index (κ3) is 3.98. The first-order valence-corrected chi connectivity index (χ1v) is 8.04. The highest BCUT2D eigenvalue weighted by Gasteiger charge is 2.06. The summed E-state index contributed by atoms with van der Waals surface area (Å²) >= 11 is 0. The normalized spacial score (nSPS) is 10.3. The summed E-state index contributed by atoms with van der Waals surface area (Å²) in [6, 6.07) is 15.2. The van der Waals surface area contributed by atoms with Gasteiger partial charge in [0.25, 0.3) is 0 Å². The molecule has 3 rings (SSSR count). The lowest BCUT2D eigenvalue weighted by Gasteiger charge is -2.11. The number of carbonyl (C=O) groups is 1. The van der Waals surface area contributed by atoms with Crippen LogP contribution in [0.3, 0.4) is 0 Å². The molecule has 25 heavy (non-hydrogen) atoms. The van der Waals surface area contributed by atoms with Gasteiger partial charge in [-0.2, -0.15) is 0 Å². The molecule has 3 N–H and O–H groups in total. The van der Waals surface area contributed by atoms with Crippen LogP contribution in [0.15, 0.2) is 54.7 Å². The Morgan fingerprint density at radius 3 is 2.68 bits per heavy atom. The molecule has 2 amide bonds. The van der Waals surface area contributed by atoms with Gasteiger partial charge in [-0.15, -0.1) is 0 Å². The first-order valence-electron chi connectivity index (χ1n) is 8.04. The molecule has 0 aliphatic heterocycles. The summed E-state index contributed by atoms with van der Waals surface area (Å²) in [5.74, 6) is 1.33. The lowest BCUT2D eigenvalue weighted by molar-refractivity contribution is 0.252. The first kappa shape index (κ1) is 16.6. The van der Waals surface area contributed by atoms with Crippen LogP contribution in [0.25, 0.3) is 10.8 Å². The van der Waals surface area contributed by atoms with Crippen LogP contribution in [0.2, 0.25) is 0 Å². The van der Waals surface area contributed by atoms with E-state index in [1.807, 2.05) is 55.5 Å². The molecule has 0 unspecified atom stereocenters. The molecule has 0 radical (unpaired) electrons. The lowest BCUT2D eigenvalue weighted by Crippen LogP contribution is -2.28. The second-order valence-electron chi connectivity index (χ2n) is 5.43. The first-order chi connectivity index (χ1) is 12.2. The van der Waals surface area contributed by atoms with Gasteiger partial charge in [-0.25, -0.2) is 9.78 Å². The molecule has 128 valence electrons. The van der Waals surface area contributed by atoms with Crippen molar-refractivity contribution >= 4 is 34.0 Å². The van der Waals surface area contributed by atoms with E-state index in [4.69, 9.17) is 4.74 Å². The van der Waals surface area contributed by atoms with Gasteiger partial charge in [0.15, 0.2) is 0 Å². The number of ether oxygens (including phenoxy) is 1. The molecule has 0 fully saturated rings. The molecule has 0 saturated heterocycles. The Morgan fingerprint density at radius 1 is 1.16 bits per heavy atom. The highest BCUT2D eigenvalue weighted by molar-refractivity contribution is 5.97. The fraction of sp³-hybridized carbons (Fsp3) is 0.158. The van der Waals surface area contributed by atoms with Crippen LogP contribution in [0, 0.1) is 0 Å². The molecule has 3 aromatic rings. The van der Waals surface area contributed by atoms with Crippen molar-refractivity contribution < 1.29 is 9.53 Å². The van der Waals surface area contributed by atoms with E-state index in [2.05, 4.69) is 20.9 Å². The van der Waals surface area contributed by atoms with Crippen LogP contribution in [-0.4, -0.2) is 24.7 Å². The van der Waals surface area contributed by atoms with Gasteiger partial charge in [-0.3, -0.25) is 5.32 Å². The molecule has 0 bridgehead atoms. The van der Waals surface area contributed by atoms with Crippen molar-refractivity contribution in [2.24, 2.45) is 0 Å². The Balaban J connectivity index is 1.85. The standard InChI is InChI=1S/C19H20N4O2/c1-3-20-19(24)23-18-11-13-5-4-6-17(16(13)12-21-18)22-14-7-9-15(25-2)10-8-14/h4-12,22H,3H2,1-2H3,(H2,20,21,23,24). The number of urea groups is 1. The molecule has 0 aliphatic carbocycles. The highest BCUT2D eigenvalue weighted by Crippen LogP contribution is 2.28. The van der Waals surface area contributed by atoms with Gasteiger partial charge in [0.05, 0.1) is 7.11 Å². The Hall–Kier alpha value is -3.28. The molecule has 1 aromatic heterocycles. The van der Waals surface area contributed by atoms with Crippen LogP contribution < -0.4 is 20.7 Å². The molecular weight excluding hydrogens is 316 g/mol. The highest BCUT2D eigenvalue weighted by atomic mass is 16.5. The van der Waals surface area contributed by atoms with E-state index in [0.717, 1.165) is 27.9 Å². The third-order valence-electron chi connectivity index (χ3n) is 3.71. The molecule has 0 spiro atoms. The average molecular weight is 336 g/mol. The fourth-order valence-electron chi connectivity index (χ4n) is 2.50. The van der Waals surface area contributed by atoms with Gasteiger partial charge >= 0.3 is 6.03 Å². The van der Waals surface area contributed by atoms with Gasteiger partial charge in [0.1, 0.15) is 11.6 Å². The second-order valence-corrected chi connectivity index (χ2v) is 5.43. The molecule has 0 saturated carbocycles. The number of carbonyl (C=O) groups excluding carboxylic acids is 1. The SMILES string of the molecule is CCNC(=O)Nc1cc2cccc(Nc3ccc(OC)cc3)c2cn1. The summed E-state index contributed by atoms with van der Waals surface area (Å²) < 4.78 is 5.17. The molecule has 0 aliphatic rings. The summed E-state index contributed by atoms with van der Waals surface area (Å²) in [5, 5.41) is 10.7. The number of hydrogen-bond donors (Lipinski definition) is 3. The van der Waals surface area contributed by atoms with Gasteiger partial charge in [0.2, 0.25) is 0 Å². The van der Waals surface area contributed by atoms with Gasteiger partial charge in [0, 0.05) is 29.5 Å². The Bertz CT molecular complexity index is 878. The zero-order chi connectivity index (χ0) is 17.6. The van der Waals surface area contributed by atoms with Gasteiger partial charge in [-0.1, -0.05) is 12.1 Å². The number of methoxy groups -OCH3 is 1. The maximum absolute atomic E-state index is 11.6. The van der Waals surface area contributed by atoms with E-state index in [1.165, 1.54) is 0 Å². The molecule has 6 nitrogen and oxygen atoms in total. The summed E-state index contributed by atoms with van der Waals surface area (Å²) in [5.41, 5.74) is 1.90. The summed E-state index contributed by atoms with van der Waals surface area (Å²) in [6.45, 7) is 2.43. The van der Waals surface area contributed by atoms with Crippen LogP contribution >= 0.6 is 0 Å². The zero-order valence-electron chi connectivity index (χ0n) is 14.2. The molecule has 0 atom stereocenters. The maximum atomic E-state index is 11.6. The van der Waals surface area contributed by atoms with E-state index in [-0.39, 0.29) is 6.03 Å². The Kier molecular flexibility index (Phi) is 4.99. The second kappa shape index (κ2) is 7.53. The number of nitrogens with one attached hydrogen (secondary N) is 3. The van der Waals surface area contributed by atoms with Crippen molar-refractivity contribution in [3.05, 3.63) is 54.7 Å². The maximum Gasteiger partial charge on any atom is 0.320 e. The summed E-state index contributed by atoms with van der Waals surface area (Å²) in [7, 11) is 1.64.